The molecule has 3 rings (SSSR count). The van der Waals surface area contributed by atoms with E-state index in [1.165, 1.54) is 11.6 Å². The minimum absolute atomic E-state index is 0.00201. The predicted molar refractivity (Wildman–Crippen MR) is 114 cm³/mol. The van der Waals surface area contributed by atoms with Crippen LogP contribution in [0.2, 0.25) is 0 Å². The zero-order chi connectivity index (χ0) is 21.7. The van der Waals surface area contributed by atoms with Gasteiger partial charge in [-0.25, -0.2) is 4.79 Å². The number of ketones is 1. The highest BCUT2D eigenvalue weighted by Crippen LogP contribution is 2.45. The van der Waals surface area contributed by atoms with E-state index in [0.29, 0.717) is 5.56 Å². The Hall–Kier alpha value is -2.95. The molecule has 1 fully saturated rings. The molecule has 0 aromatic heterocycles. The first kappa shape index (κ1) is 21.8. The lowest BCUT2D eigenvalue weighted by molar-refractivity contribution is -0.140. The van der Waals surface area contributed by atoms with Crippen molar-refractivity contribution >= 4 is 17.7 Å². The molecule has 3 atom stereocenters. The topological polar surface area (TPSA) is 69.7 Å². The number of allylic oxidation sites excluding steroid dienone is 4. The van der Waals surface area contributed by atoms with Crippen molar-refractivity contribution in [3.63, 3.8) is 0 Å². The summed E-state index contributed by atoms with van der Waals surface area (Å²) in [6, 6.07) is 8.71. The molecule has 30 heavy (non-hydrogen) atoms. The number of carbonyl (C=O) groups is 3. The van der Waals surface area contributed by atoms with Crippen LogP contribution in [-0.4, -0.2) is 29.9 Å². The Morgan fingerprint density at radius 3 is 2.63 bits per heavy atom. The van der Waals surface area contributed by atoms with Crippen LogP contribution < -0.4 is 0 Å². The van der Waals surface area contributed by atoms with Crippen LogP contribution in [0.15, 0.2) is 65.8 Å². The molecule has 1 heterocycles. The maximum atomic E-state index is 12.9. The van der Waals surface area contributed by atoms with Gasteiger partial charge in [-0.2, -0.15) is 0 Å². The van der Waals surface area contributed by atoms with E-state index >= 15 is 0 Å². The summed E-state index contributed by atoms with van der Waals surface area (Å²) in [4.78, 5) is 37.5. The van der Waals surface area contributed by atoms with Crippen molar-refractivity contribution in [2.75, 3.05) is 0 Å². The molecule has 1 unspecified atom stereocenters. The molecule has 0 radical (unpaired) electrons. The number of cyclic esters (lactones) is 1. The van der Waals surface area contributed by atoms with Gasteiger partial charge in [0.05, 0.1) is 17.4 Å². The van der Waals surface area contributed by atoms with E-state index in [1.54, 1.807) is 30.3 Å². The molecule has 1 aliphatic carbocycles. The molecule has 1 spiro atoms. The monoisotopic (exact) mass is 408 g/mol. The normalized spacial score (nSPS) is 25.9. The zero-order valence-corrected chi connectivity index (χ0v) is 17.7. The lowest BCUT2D eigenvalue weighted by Crippen LogP contribution is -2.43. The molecule has 5 nitrogen and oxygen atoms in total. The van der Waals surface area contributed by atoms with Crippen LogP contribution in [0.3, 0.4) is 0 Å². The van der Waals surface area contributed by atoms with Gasteiger partial charge in [-0.3, -0.25) is 9.59 Å². The van der Waals surface area contributed by atoms with E-state index in [2.05, 4.69) is 19.9 Å². The van der Waals surface area contributed by atoms with Crippen LogP contribution in [0.25, 0.3) is 0 Å². The van der Waals surface area contributed by atoms with E-state index in [-0.39, 0.29) is 18.6 Å². The Bertz CT molecular complexity index is 905. The van der Waals surface area contributed by atoms with E-state index in [4.69, 9.17) is 9.47 Å². The van der Waals surface area contributed by atoms with Crippen LogP contribution in [0, 0.1) is 5.41 Å². The molecule has 2 aliphatic rings. The van der Waals surface area contributed by atoms with Crippen LogP contribution in [0.4, 0.5) is 0 Å². The quantitative estimate of drug-likeness (QED) is 0.502. The van der Waals surface area contributed by atoms with E-state index < -0.39 is 29.6 Å². The van der Waals surface area contributed by atoms with Gasteiger partial charge < -0.3 is 9.47 Å². The second kappa shape index (κ2) is 9.24. The zero-order valence-electron chi connectivity index (χ0n) is 17.7. The van der Waals surface area contributed by atoms with Crippen molar-refractivity contribution in [1.82, 2.24) is 0 Å². The fourth-order valence-electron chi connectivity index (χ4n) is 3.94. The van der Waals surface area contributed by atoms with Gasteiger partial charge in [0.2, 0.25) is 0 Å². The van der Waals surface area contributed by atoms with Gasteiger partial charge >= 0.3 is 11.9 Å². The average molecular weight is 408 g/mol. The summed E-state index contributed by atoms with van der Waals surface area (Å²) in [6.07, 6.45) is 7.77. The van der Waals surface area contributed by atoms with Crippen molar-refractivity contribution in [1.29, 1.82) is 0 Å². The van der Waals surface area contributed by atoms with Gasteiger partial charge in [0.25, 0.3) is 0 Å². The molecule has 0 amide bonds. The summed E-state index contributed by atoms with van der Waals surface area (Å²) in [5, 5.41) is 0. The predicted octanol–water partition coefficient (Wildman–Crippen LogP) is 4.74. The fourth-order valence-corrected chi connectivity index (χ4v) is 3.94. The van der Waals surface area contributed by atoms with Gasteiger partial charge in [-0.15, -0.1) is 0 Å². The molecular weight excluding hydrogens is 380 g/mol. The lowest BCUT2D eigenvalue weighted by Gasteiger charge is -2.34. The van der Waals surface area contributed by atoms with Gasteiger partial charge in [-0.05, 0) is 64.0 Å². The molecule has 1 saturated heterocycles. The van der Waals surface area contributed by atoms with Gasteiger partial charge in [0.15, 0.2) is 5.78 Å². The largest absolute Gasteiger partial charge is 0.457 e. The second-order valence-corrected chi connectivity index (χ2v) is 8.31. The molecule has 0 saturated carbocycles. The van der Waals surface area contributed by atoms with Crippen LogP contribution in [0.5, 0.6) is 0 Å². The van der Waals surface area contributed by atoms with Crippen molar-refractivity contribution in [3.05, 3.63) is 71.3 Å². The smallest absolute Gasteiger partial charge is 0.338 e. The van der Waals surface area contributed by atoms with E-state index in [1.807, 2.05) is 19.1 Å². The van der Waals surface area contributed by atoms with Crippen LogP contribution in [0.1, 0.15) is 56.8 Å². The van der Waals surface area contributed by atoms with Crippen molar-refractivity contribution in [2.45, 2.75) is 58.7 Å². The third-order valence-electron chi connectivity index (χ3n) is 5.58. The summed E-state index contributed by atoms with van der Waals surface area (Å²) in [5.74, 6) is -1.01. The average Bonchev–Trinajstić information content (AvgIpc) is 3.00. The van der Waals surface area contributed by atoms with Gasteiger partial charge in [0, 0.05) is 6.42 Å². The van der Waals surface area contributed by atoms with Gasteiger partial charge in [-0.1, -0.05) is 35.4 Å². The third-order valence-corrected chi connectivity index (χ3v) is 5.58. The van der Waals surface area contributed by atoms with Crippen LogP contribution >= 0.6 is 0 Å². The first-order valence-electron chi connectivity index (χ1n) is 10.3. The number of benzene rings is 1. The number of hydrogen-bond acceptors (Lipinski definition) is 5. The Labute approximate surface area is 177 Å². The minimum atomic E-state index is -1.02. The van der Waals surface area contributed by atoms with Crippen LogP contribution in [-0.2, 0) is 19.1 Å². The lowest BCUT2D eigenvalue weighted by atomic mass is 9.69. The summed E-state index contributed by atoms with van der Waals surface area (Å²) < 4.78 is 11.2. The highest BCUT2D eigenvalue weighted by Gasteiger charge is 2.55. The highest BCUT2D eigenvalue weighted by molar-refractivity contribution is 6.00. The summed E-state index contributed by atoms with van der Waals surface area (Å²) >= 11 is 0. The first-order chi connectivity index (χ1) is 14.3. The third kappa shape index (κ3) is 4.96. The Morgan fingerprint density at radius 2 is 1.93 bits per heavy atom. The summed E-state index contributed by atoms with van der Waals surface area (Å²) in [6.45, 7) is 6.09. The molecule has 0 bridgehead atoms. The number of ether oxygens (including phenoxy) is 2. The molecular formula is C25H28O5. The maximum Gasteiger partial charge on any atom is 0.338 e. The highest BCUT2D eigenvalue weighted by atomic mass is 16.6. The Morgan fingerprint density at radius 1 is 1.20 bits per heavy atom. The molecule has 5 heteroatoms. The fraction of sp³-hybridized carbons (Fsp3) is 0.400. The SMILES string of the molecule is CC(C)=CCC/C(C)=C/[C@H]1OC(=O)CC12C[C@H](OC(=O)c1ccccc1)C=CC2=O. The Balaban J connectivity index is 1.77. The maximum absolute atomic E-state index is 12.9. The minimum Gasteiger partial charge on any atom is -0.457 e. The molecule has 158 valence electrons. The summed E-state index contributed by atoms with van der Waals surface area (Å²) in [5.41, 5.74) is 1.74. The van der Waals surface area contributed by atoms with Gasteiger partial charge in [0.1, 0.15) is 12.2 Å². The molecule has 1 aromatic carbocycles. The Kier molecular flexibility index (Phi) is 6.70. The standard InChI is InChI=1S/C25H28O5/c1-17(2)8-7-9-18(3)14-22-25(16-23(27)30-22)15-20(12-13-21(25)26)29-24(28)19-10-5-4-6-11-19/h4-6,8,10-14,20,22H,7,9,15-16H2,1-3H3/b18-14+/t20-,22-,25?/m1/s1. The second-order valence-electron chi connectivity index (χ2n) is 8.31. The number of hydrogen-bond donors (Lipinski definition) is 0. The van der Waals surface area contributed by atoms with Crippen molar-refractivity contribution in [3.8, 4) is 0 Å². The molecule has 1 aliphatic heterocycles. The van der Waals surface area contributed by atoms with E-state index in [9.17, 15) is 14.4 Å². The number of carbonyl (C=O) groups excluding carboxylic acids is 3. The van der Waals surface area contributed by atoms with Crippen molar-refractivity contribution in [2.24, 2.45) is 5.41 Å². The van der Waals surface area contributed by atoms with Crippen molar-refractivity contribution < 1.29 is 23.9 Å². The molecule has 0 N–H and O–H groups in total. The first-order valence-corrected chi connectivity index (χ1v) is 10.3. The van der Waals surface area contributed by atoms with E-state index in [0.717, 1.165) is 18.4 Å². The number of esters is 2. The number of rotatable bonds is 6. The molecule has 1 aromatic rings. The summed E-state index contributed by atoms with van der Waals surface area (Å²) in [7, 11) is 0.